The number of halogens is 2. The molecule has 8 nitrogen and oxygen atoms in total. The molecule has 2 fully saturated rings. The molecule has 0 aromatic heterocycles. The van der Waals surface area contributed by atoms with Gasteiger partial charge in [-0.15, -0.1) is 0 Å². The number of fused-ring (bicyclic) bond motifs is 4. The van der Waals surface area contributed by atoms with Gasteiger partial charge in [-0.2, -0.15) is 0 Å². The van der Waals surface area contributed by atoms with Crippen LogP contribution in [0.15, 0.2) is 36.4 Å². The number of aliphatic hydroxyl groups excluding tert-OH is 1. The molecular weight excluding hydrogens is 486 g/mol. The van der Waals surface area contributed by atoms with Crippen molar-refractivity contribution in [2.75, 3.05) is 25.1 Å². The Morgan fingerprint density at radius 3 is 2.76 bits per heavy atom. The third-order valence-electron chi connectivity index (χ3n) is 7.24. The van der Waals surface area contributed by atoms with E-state index in [1.54, 1.807) is 6.07 Å². The summed E-state index contributed by atoms with van der Waals surface area (Å²) in [5, 5.41) is 15.6. The minimum atomic E-state index is -0.817. The van der Waals surface area contributed by atoms with Crippen LogP contribution in [-0.4, -0.2) is 55.1 Å². The zero-order chi connectivity index (χ0) is 25.9. The van der Waals surface area contributed by atoms with Gasteiger partial charge in [0.25, 0.3) is 0 Å². The van der Waals surface area contributed by atoms with Crippen LogP contribution in [0.4, 0.5) is 14.5 Å². The minimum absolute atomic E-state index is 0.000475. The van der Waals surface area contributed by atoms with Crippen molar-refractivity contribution < 1.29 is 37.7 Å². The first-order valence-electron chi connectivity index (χ1n) is 12.6. The number of nitrogens with one attached hydrogen (secondary N) is 2. The summed E-state index contributed by atoms with van der Waals surface area (Å²) in [5.74, 6) is -2.21. The van der Waals surface area contributed by atoms with E-state index in [0.29, 0.717) is 31.1 Å². The monoisotopic (exact) mass is 516 g/mol. The quantitative estimate of drug-likeness (QED) is 0.523. The van der Waals surface area contributed by atoms with Crippen molar-refractivity contribution in [3.05, 3.63) is 59.2 Å². The molecule has 2 aromatic rings. The van der Waals surface area contributed by atoms with E-state index in [-0.39, 0.29) is 36.5 Å². The van der Waals surface area contributed by atoms with Gasteiger partial charge in [0.15, 0.2) is 0 Å². The Balaban J connectivity index is 1.33. The van der Waals surface area contributed by atoms with E-state index >= 15 is 0 Å². The molecule has 2 aromatic carbocycles. The van der Waals surface area contributed by atoms with Gasteiger partial charge in [-0.05, 0) is 42.8 Å². The Kier molecular flexibility index (Phi) is 7.68. The number of amides is 2. The Labute approximate surface area is 213 Å². The number of anilines is 1. The van der Waals surface area contributed by atoms with Crippen molar-refractivity contribution in [1.29, 1.82) is 0 Å². The Morgan fingerprint density at radius 1 is 1.16 bits per heavy atom. The van der Waals surface area contributed by atoms with E-state index in [2.05, 4.69) is 10.6 Å². The highest BCUT2D eigenvalue weighted by atomic mass is 19.1. The largest absolute Gasteiger partial charge is 0.490 e. The standard InChI is InChI=1S/C27H30F2N2O6/c28-16-1-3-22(29)15(9-16)13-30-25(33)12-19-11-21-20-10-17(31-27(34)26(21)24(14-32)37-19)2-4-23(20)36-18-5-7-35-8-6-18/h1-4,9-10,18-19,21,24,26,32H,5-8,11-14H2,(H,30,33)(H,31,34)/t19-,21-,24+,26+/m0/s1. The Bertz CT molecular complexity index is 1160. The lowest BCUT2D eigenvalue weighted by molar-refractivity contribution is -0.148. The highest BCUT2D eigenvalue weighted by Crippen LogP contribution is 2.46. The van der Waals surface area contributed by atoms with Gasteiger partial charge in [0.05, 0.1) is 44.4 Å². The van der Waals surface area contributed by atoms with Crippen LogP contribution in [-0.2, 0) is 25.6 Å². The summed E-state index contributed by atoms with van der Waals surface area (Å²) in [6.07, 6.45) is 0.411. The van der Waals surface area contributed by atoms with E-state index in [1.807, 2.05) is 12.1 Å². The zero-order valence-corrected chi connectivity index (χ0v) is 20.3. The number of benzene rings is 2. The van der Waals surface area contributed by atoms with Crippen LogP contribution >= 0.6 is 0 Å². The molecule has 198 valence electrons. The molecule has 4 atom stereocenters. The first-order valence-corrected chi connectivity index (χ1v) is 12.6. The maximum absolute atomic E-state index is 13.9. The SMILES string of the molecule is O=C(C[C@@H]1C[C@H]2c3cc(ccc3OC3CCOCC3)NC(=O)[C@H]2[C@@H](CO)O1)NCc1cc(F)ccc1F. The normalized spacial score (nSPS) is 25.5. The van der Waals surface area contributed by atoms with E-state index < -0.39 is 42.3 Å². The first kappa shape index (κ1) is 25.6. The van der Waals surface area contributed by atoms with Crippen molar-refractivity contribution in [2.24, 2.45) is 5.92 Å². The van der Waals surface area contributed by atoms with Gasteiger partial charge in [-0.1, -0.05) is 0 Å². The van der Waals surface area contributed by atoms with Crippen LogP contribution in [0.5, 0.6) is 5.75 Å². The molecule has 0 radical (unpaired) electrons. The summed E-state index contributed by atoms with van der Waals surface area (Å²) in [6.45, 7) is 0.689. The summed E-state index contributed by atoms with van der Waals surface area (Å²) < 4.78 is 45.1. The van der Waals surface area contributed by atoms with E-state index in [0.717, 1.165) is 36.6 Å². The Hall–Kier alpha value is -3.08. The van der Waals surface area contributed by atoms with Gasteiger partial charge in [0, 0.05) is 42.1 Å². The molecule has 0 unspecified atom stereocenters. The van der Waals surface area contributed by atoms with Crippen LogP contribution < -0.4 is 15.4 Å². The molecule has 3 N–H and O–H groups in total. The Morgan fingerprint density at radius 2 is 1.97 bits per heavy atom. The summed E-state index contributed by atoms with van der Waals surface area (Å²) in [6, 6.07) is 8.59. The molecule has 2 bridgehead atoms. The fourth-order valence-electron chi connectivity index (χ4n) is 5.41. The lowest BCUT2D eigenvalue weighted by Crippen LogP contribution is -2.48. The van der Waals surface area contributed by atoms with Gasteiger partial charge in [0.1, 0.15) is 23.5 Å². The summed E-state index contributed by atoms with van der Waals surface area (Å²) in [7, 11) is 0. The number of hydrogen-bond donors (Lipinski definition) is 3. The van der Waals surface area contributed by atoms with Gasteiger partial charge < -0.3 is 30.0 Å². The summed E-state index contributed by atoms with van der Waals surface area (Å²) in [4.78, 5) is 25.8. The molecule has 3 aliphatic rings. The second kappa shape index (κ2) is 11.1. The smallest absolute Gasteiger partial charge is 0.230 e. The van der Waals surface area contributed by atoms with Crippen molar-refractivity contribution in [1.82, 2.24) is 5.32 Å². The fraction of sp³-hybridized carbons (Fsp3) is 0.481. The number of aliphatic hydroxyl groups is 1. The predicted molar refractivity (Wildman–Crippen MR) is 129 cm³/mol. The molecule has 37 heavy (non-hydrogen) atoms. The maximum Gasteiger partial charge on any atom is 0.230 e. The third-order valence-corrected chi connectivity index (χ3v) is 7.24. The number of carbonyl (C=O) groups excluding carboxylic acids is 2. The van der Waals surface area contributed by atoms with Crippen molar-refractivity contribution in [3.63, 3.8) is 0 Å². The van der Waals surface area contributed by atoms with Gasteiger partial charge >= 0.3 is 0 Å². The average Bonchev–Trinajstić information content (AvgIpc) is 3.00. The van der Waals surface area contributed by atoms with Crippen molar-refractivity contribution >= 4 is 17.5 Å². The van der Waals surface area contributed by atoms with Crippen LogP contribution in [0.25, 0.3) is 0 Å². The summed E-state index contributed by atoms with van der Waals surface area (Å²) in [5.41, 5.74) is 1.51. The van der Waals surface area contributed by atoms with Gasteiger partial charge in [-0.3, -0.25) is 9.59 Å². The van der Waals surface area contributed by atoms with Gasteiger partial charge in [-0.25, -0.2) is 8.78 Å². The molecule has 0 spiro atoms. The average molecular weight is 517 g/mol. The predicted octanol–water partition coefficient (Wildman–Crippen LogP) is 3.03. The lowest BCUT2D eigenvalue weighted by atomic mass is 9.76. The molecule has 0 saturated carbocycles. The van der Waals surface area contributed by atoms with Crippen LogP contribution in [0.2, 0.25) is 0 Å². The number of carbonyl (C=O) groups is 2. The molecule has 2 amide bonds. The minimum Gasteiger partial charge on any atom is -0.490 e. The number of ether oxygens (including phenoxy) is 3. The van der Waals surface area contributed by atoms with Crippen LogP contribution in [0.1, 0.15) is 42.7 Å². The van der Waals surface area contributed by atoms with Gasteiger partial charge in [0.2, 0.25) is 11.8 Å². The molecule has 2 saturated heterocycles. The van der Waals surface area contributed by atoms with E-state index in [1.165, 1.54) is 0 Å². The second-order valence-corrected chi connectivity index (χ2v) is 9.74. The van der Waals surface area contributed by atoms with Crippen LogP contribution in [0.3, 0.4) is 0 Å². The number of rotatable bonds is 7. The van der Waals surface area contributed by atoms with E-state index in [9.17, 15) is 23.5 Å². The first-order chi connectivity index (χ1) is 17.9. The number of hydrogen-bond acceptors (Lipinski definition) is 6. The van der Waals surface area contributed by atoms with Crippen molar-refractivity contribution in [3.8, 4) is 5.75 Å². The van der Waals surface area contributed by atoms with Crippen LogP contribution in [0, 0.1) is 17.6 Å². The molecule has 3 aliphatic heterocycles. The topological polar surface area (TPSA) is 106 Å². The highest BCUT2D eigenvalue weighted by Gasteiger charge is 2.46. The maximum atomic E-state index is 13.9. The molecule has 10 heteroatoms. The molecule has 0 aliphatic carbocycles. The third kappa shape index (κ3) is 5.76. The fourth-order valence-corrected chi connectivity index (χ4v) is 5.41. The zero-order valence-electron chi connectivity index (χ0n) is 20.3. The lowest BCUT2D eigenvalue weighted by Gasteiger charge is -2.40. The molecular formula is C27H30F2N2O6. The second-order valence-electron chi connectivity index (χ2n) is 9.74. The highest BCUT2D eigenvalue weighted by molar-refractivity contribution is 5.95. The molecule has 3 heterocycles. The molecule has 5 rings (SSSR count). The van der Waals surface area contributed by atoms with Crippen molar-refractivity contribution in [2.45, 2.75) is 56.5 Å². The summed E-state index contributed by atoms with van der Waals surface area (Å²) >= 11 is 0. The van der Waals surface area contributed by atoms with E-state index in [4.69, 9.17) is 14.2 Å².